The molecule has 0 spiro atoms. The summed E-state index contributed by atoms with van der Waals surface area (Å²) in [5.74, 6) is 0.592. The first kappa shape index (κ1) is 10.4. The Balaban J connectivity index is 1.94. The maximum Gasteiger partial charge on any atom is 0.0573 e. The molecule has 0 aliphatic carbocycles. The molecular weight excluding hydrogens is 210 g/mol. The van der Waals surface area contributed by atoms with Crippen molar-refractivity contribution in [1.82, 2.24) is 9.78 Å². The standard InChI is InChI=1S/C14H17N3/c1-10-7-11-5-3-4-6-13(11)16-14(10)12-8-15-17(2)9-12/h3-6,8-10,14,16H,7H2,1-2H3. The van der Waals surface area contributed by atoms with Crippen molar-refractivity contribution in [3.05, 3.63) is 47.8 Å². The van der Waals surface area contributed by atoms with Crippen LogP contribution >= 0.6 is 0 Å². The minimum Gasteiger partial charge on any atom is -0.378 e. The molecule has 3 nitrogen and oxygen atoms in total. The highest BCUT2D eigenvalue weighted by molar-refractivity contribution is 5.55. The maximum atomic E-state index is 4.26. The number of rotatable bonds is 1. The van der Waals surface area contributed by atoms with Crippen LogP contribution in [0.2, 0.25) is 0 Å². The van der Waals surface area contributed by atoms with Crippen LogP contribution in [-0.4, -0.2) is 9.78 Å². The van der Waals surface area contributed by atoms with Gasteiger partial charge in [0.25, 0.3) is 0 Å². The Hall–Kier alpha value is -1.77. The molecule has 1 aliphatic rings. The topological polar surface area (TPSA) is 29.9 Å². The van der Waals surface area contributed by atoms with E-state index in [4.69, 9.17) is 0 Å². The third kappa shape index (κ3) is 1.82. The highest BCUT2D eigenvalue weighted by atomic mass is 15.2. The van der Waals surface area contributed by atoms with Crippen LogP contribution in [0.1, 0.15) is 24.1 Å². The molecular formula is C14H17N3. The molecule has 0 radical (unpaired) electrons. The molecule has 2 atom stereocenters. The summed E-state index contributed by atoms with van der Waals surface area (Å²) in [6.07, 6.45) is 5.19. The fraction of sp³-hybridized carbons (Fsp3) is 0.357. The van der Waals surface area contributed by atoms with Gasteiger partial charge in [-0.05, 0) is 24.0 Å². The van der Waals surface area contributed by atoms with E-state index in [1.165, 1.54) is 16.8 Å². The van der Waals surface area contributed by atoms with Crippen LogP contribution in [0.4, 0.5) is 5.69 Å². The predicted molar refractivity (Wildman–Crippen MR) is 68.9 cm³/mol. The molecule has 3 heteroatoms. The summed E-state index contributed by atoms with van der Waals surface area (Å²) in [7, 11) is 1.96. The summed E-state index contributed by atoms with van der Waals surface area (Å²) < 4.78 is 1.87. The summed E-state index contributed by atoms with van der Waals surface area (Å²) >= 11 is 0. The van der Waals surface area contributed by atoms with Crippen LogP contribution in [-0.2, 0) is 13.5 Å². The number of hydrogen-bond acceptors (Lipinski definition) is 2. The van der Waals surface area contributed by atoms with E-state index >= 15 is 0 Å². The van der Waals surface area contributed by atoms with Gasteiger partial charge in [-0.15, -0.1) is 0 Å². The largest absolute Gasteiger partial charge is 0.378 e. The molecule has 88 valence electrons. The lowest BCUT2D eigenvalue weighted by atomic mass is 9.86. The van der Waals surface area contributed by atoms with Crippen LogP contribution in [0.5, 0.6) is 0 Å². The van der Waals surface area contributed by atoms with E-state index in [-0.39, 0.29) is 0 Å². The predicted octanol–water partition coefficient (Wildman–Crippen LogP) is 2.77. The second kappa shape index (κ2) is 3.91. The number of aryl methyl sites for hydroxylation is 1. The van der Waals surface area contributed by atoms with Gasteiger partial charge in [-0.2, -0.15) is 5.10 Å². The van der Waals surface area contributed by atoms with Crippen LogP contribution < -0.4 is 5.32 Å². The maximum absolute atomic E-state index is 4.26. The number of aromatic nitrogens is 2. The summed E-state index contributed by atoms with van der Waals surface area (Å²) in [5, 5.41) is 7.88. The van der Waals surface area contributed by atoms with Crippen molar-refractivity contribution in [2.45, 2.75) is 19.4 Å². The first-order valence-corrected chi connectivity index (χ1v) is 6.07. The second-order valence-electron chi connectivity index (χ2n) is 4.91. The smallest absolute Gasteiger partial charge is 0.0573 e. The Morgan fingerprint density at radius 2 is 2.18 bits per heavy atom. The molecule has 0 bridgehead atoms. The van der Waals surface area contributed by atoms with E-state index < -0.39 is 0 Å². The van der Waals surface area contributed by atoms with Crippen molar-refractivity contribution in [2.75, 3.05) is 5.32 Å². The Labute approximate surface area is 101 Å². The lowest BCUT2D eigenvalue weighted by molar-refractivity contribution is 0.479. The lowest BCUT2D eigenvalue weighted by Gasteiger charge is -2.32. The van der Waals surface area contributed by atoms with Gasteiger partial charge < -0.3 is 5.32 Å². The zero-order chi connectivity index (χ0) is 11.8. The lowest BCUT2D eigenvalue weighted by Crippen LogP contribution is -2.25. The Morgan fingerprint density at radius 1 is 1.35 bits per heavy atom. The van der Waals surface area contributed by atoms with Crippen LogP contribution in [0, 0.1) is 5.92 Å². The number of para-hydroxylation sites is 1. The summed E-state index contributed by atoms with van der Waals surface area (Å²) in [6, 6.07) is 8.93. The van der Waals surface area contributed by atoms with E-state index in [9.17, 15) is 0 Å². The average Bonchev–Trinajstić information content (AvgIpc) is 2.75. The zero-order valence-electron chi connectivity index (χ0n) is 10.2. The zero-order valence-corrected chi connectivity index (χ0v) is 10.2. The van der Waals surface area contributed by atoms with Crippen molar-refractivity contribution < 1.29 is 0 Å². The van der Waals surface area contributed by atoms with Crippen molar-refractivity contribution >= 4 is 5.69 Å². The molecule has 2 aromatic rings. The minimum atomic E-state index is 0.374. The number of benzene rings is 1. The van der Waals surface area contributed by atoms with E-state index in [0.29, 0.717) is 12.0 Å². The van der Waals surface area contributed by atoms with Gasteiger partial charge in [-0.1, -0.05) is 25.1 Å². The average molecular weight is 227 g/mol. The van der Waals surface area contributed by atoms with Gasteiger partial charge >= 0.3 is 0 Å². The molecule has 17 heavy (non-hydrogen) atoms. The monoisotopic (exact) mass is 227 g/mol. The van der Waals surface area contributed by atoms with Gasteiger partial charge in [-0.25, -0.2) is 0 Å². The van der Waals surface area contributed by atoms with Gasteiger partial charge in [0.05, 0.1) is 12.2 Å². The molecule has 0 amide bonds. The number of nitrogens with one attached hydrogen (secondary N) is 1. The van der Waals surface area contributed by atoms with Gasteiger partial charge in [0.2, 0.25) is 0 Å². The molecule has 0 saturated carbocycles. The minimum absolute atomic E-state index is 0.374. The van der Waals surface area contributed by atoms with Gasteiger partial charge in [0.15, 0.2) is 0 Å². The Morgan fingerprint density at radius 3 is 2.94 bits per heavy atom. The molecule has 3 rings (SSSR count). The molecule has 1 N–H and O–H groups in total. The summed E-state index contributed by atoms with van der Waals surface area (Å²) in [4.78, 5) is 0. The van der Waals surface area contributed by atoms with Crippen molar-refractivity contribution in [3.8, 4) is 0 Å². The number of fused-ring (bicyclic) bond motifs is 1. The van der Waals surface area contributed by atoms with Crippen molar-refractivity contribution in [1.29, 1.82) is 0 Å². The molecule has 2 unspecified atom stereocenters. The molecule has 2 heterocycles. The first-order chi connectivity index (χ1) is 8.24. The molecule has 0 fully saturated rings. The Bertz CT molecular complexity index is 530. The van der Waals surface area contributed by atoms with Crippen LogP contribution in [0.15, 0.2) is 36.7 Å². The summed E-state index contributed by atoms with van der Waals surface area (Å²) in [6.45, 7) is 2.29. The van der Waals surface area contributed by atoms with Crippen molar-refractivity contribution in [3.63, 3.8) is 0 Å². The SMILES string of the molecule is CC1Cc2ccccc2NC1c1cnn(C)c1. The van der Waals surface area contributed by atoms with Crippen LogP contribution in [0.25, 0.3) is 0 Å². The molecule has 1 aliphatic heterocycles. The number of anilines is 1. The van der Waals surface area contributed by atoms with E-state index in [2.05, 4.69) is 47.8 Å². The van der Waals surface area contributed by atoms with Gasteiger partial charge in [0.1, 0.15) is 0 Å². The normalized spacial score (nSPS) is 22.9. The first-order valence-electron chi connectivity index (χ1n) is 6.07. The quantitative estimate of drug-likeness (QED) is 0.812. The fourth-order valence-electron chi connectivity index (χ4n) is 2.63. The third-order valence-electron chi connectivity index (χ3n) is 3.52. The highest BCUT2D eigenvalue weighted by Crippen LogP contribution is 2.35. The van der Waals surface area contributed by atoms with E-state index in [1.54, 1.807) is 0 Å². The van der Waals surface area contributed by atoms with E-state index in [1.807, 2.05) is 17.9 Å². The summed E-state index contributed by atoms with van der Waals surface area (Å²) in [5.41, 5.74) is 3.95. The second-order valence-corrected chi connectivity index (χ2v) is 4.91. The Kier molecular flexibility index (Phi) is 2.39. The molecule has 0 saturated heterocycles. The van der Waals surface area contributed by atoms with Crippen molar-refractivity contribution in [2.24, 2.45) is 13.0 Å². The molecule has 1 aromatic heterocycles. The third-order valence-corrected chi connectivity index (χ3v) is 3.52. The highest BCUT2D eigenvalue weighted by Gasteiger charge is 2.26. The van der Waals surface area contributed by atoms with E-state index in [0.717, 1.165) is 6.42 Å². The number of hydrogen-bond donors (Lipinski definition) is 1. The van der Waals surface area contributed by atoms with Gasteiger partial charge in [-0.3, -0.25) is 4.68 Å². The fourth-order valence-corrected chi connectivity index (χ4v) is 2.63. The molecule has 1 aromatic carbocycles. The number of nitrogens with zero attached hydrogens (tertiary/aromatic N) is 2. The van der Waals surface area contributed by atoms with Gasteiger partial charge in [0, 0.05) is 24.5 Å². The van der Waals surface area contributed by atoms with Crippen LogP contribution in [0.3, 0.4) is 0 Å².